The van der Waals surface area contributed by atoms with Gasteiger partial charge in [-0.3, -0.25) is 0 Å². The van der Waals surface area contributed by atoms with Crippen LogP contribution in [0.1, 0.15) is 25.0 Å². The normalized spacial score (nSPS) is 9.56. The van der Waals surface area contributed by atoms with Crippen molar-refractivity contribution in [2.24, 2.45) is 0 Å². The van der Waals surface area contributed by atoms with Crippen molar-refractivity contribution < 1.29 is 4.39 Å². The molecule has 0 aliphatic carbocycles. The highest BCUT2D eigenvalue weighted by molar-refractivity contribution is 6.30. The topological polar surface area (TPSA) is 0 Å². The van der Waals surface area contributed by atoms with Crippen molar-refractivity contribution >= 4 is 11.6 Å². The predicted molar refractivity (Wildman–Crippen MR) is 76.6 cm³/mol. The fraction of sp³-hybridized carbons (Fsp3) is 0.250. The van der Waals surface area contributed by atoms with Gasteiger partial charge in [0.25, 0.3) is 0 Å². The van der Waals surface area contributed by atoms with Crippen LogP contribution in [0.2, 0.25) is 5.02 Å². The summed E-state index contributed by atoms with van der Waals surface area (Å²) in [5.41, 5.74) is 2.38. The molecule has 0 nitrogen and oxygen atoms in total. The summed E-state index contributed by atoms with van der Waals surface area (Å²) in [4.78, 5) is 0. The minimum atomic E-state index is -0.144. The Balaban J connectivity index is 0.000000180. The SMILES string of the molecule is CCc1ccc(Cl)cc1.CCc1cccc(F)c1. The van der Waals surface area contributed by atoms with E-state index >= 15 is 0 Å². The maximum absolute atomic E-state index is 12.4. The van der Waals surface area contributed by atoms with E-state index < -0.39 is 0 Å². The minimum Gasteiger partial charge on any atom is -0.207 e. The van der Waals surface area contributed by atoms with E-state index in [9.17, 15) is 4.39 Å². The molecule has 2 heteroatoms. The van der Waals surface area contributed by atoms with Crippen molar-refractivity contribution in [2.45, 2.75) is 26.7 Å². The van der Waals surface area contributed by atoms with Gasteiger partial charge in [-0.05, 0) is 48.2 Å². The second-order valence-electron chi connectivity index (χ2n) is 3.96. The van der Waals surface area contributed by atoms with Gasteiger partial charge in [-0.1, -0.05) is 49.7 Å². The third-order valence-electron chi connectivity index (χ3n) is 2.62. The lowest BCUT2D eigenvalue weighted by molar-refractivity contribution is 0.625. The first-order valence-electron chi connectivity index (χ1n) is 6.14. The third kappa shape index (κ3) is 5.33. The summed E-state index contributed by atoms with van der Waals surface area (Å²) in [6.07, 6.45) is 1.98. The molecule has 0 atom stereocenters. The molecule has 0 N–H and O–H groups in total. The lowest BCUT2D eigenvalue weighted by Gasteiger charge is -1.93. The molecule has 2 rings (SSSR count). The molecule has 0 amide bonds. The van der Waals surface area contributed by atoms with Gasteiger partial charge in [0.1, 0.15) is 5.82 Å². The number of halogens is 2. The van der Waals surface area contributed by atoms with E-state index in [4.69, 9.17) is 11.6 Å². The maximum atomic E-state index is 12.4. The molecule has 0 unspecified atom stereocenters. The van der Waals surface area contributed by atoms with Gasteiger partial charge in [-0.15, -0.1) is 0 Å². The summed E-state index contributed by atoms with van der Waals surface area (Å²) in [6.45, 7) is 4.14. The van der Waals surface area contributed by atoms with Crippen LogP contribution in [0, 0.1) is 5.82 Å². The highest BCUT2D eigenvalue weighted by Gasteiger charge is 1.89. The molecule has 0 aromatic heterocycles. The molecular weight excluding hydrogens is 247 g/mol. The Morgan fingerprint density at radius 1 is 0.889 bits per heavy atom. The predicted octanol–water partition coefficient (Wildman–Crippen LogP) is 5.29. The van der Waals surface area contributed by atoms with E-state index in [0.29, 0.717) is 0 Å². The Hall–Kier alpha value is -1.34. The first kappa shape index (κ1) is 14.7. The largest absolute Gasteiger partial charge is 0.207 e. The smallest absolute Gasteiger partial charge is 0.123 e. The van der Waals surface area contributed by atoms with Crippen molar-refractivity contribution in [3.63, 3.8) is 0 Å². The molecule has 0 fully saturated rings. The monoisotopic (exact) mass is 264 g/mol. The number of aryl methyl sites for hydroxylation is 2. The van der Waals surface area contributed by atoms with Crippen LogP contribution in [-0.4, -0.2) is 0 Å². The first-order chi connectivity index (χ1) is 8.65. The molecular formula is C16H18ClF. The number of hydrogen-bond acceptors (Lipinski definition) is 0. The van der Waals surface area contributed by atoms with E-state index in [2.05, 4.69) is 6.92 Å². The molecule has 0 heterocycles. The lowest BCUT2D eigenvalue weighted by Crippen LogP contribution is -1.79. The second kappa shape index (κ2) is 7.88. The zero-order valence-corrected chi connectivity index (χ0v) is 11.5. The van der Waals surface area contributed by atoms with Crippen LogP contribution in [0.15, 0.2) is 48.5 Å². The number of benzene rings is 2. The van der Waals surface area contributed by atoms with Crippen LogP contribution < -0.4 is 0 Å². The zero-order chi connectivity index (χ0) is 13.4. The highest BCUT2D eigenvalue weighted by Crippen LogP contribution is 2.09. The van der Waals surface area contributed by atoms with Gasteiger partial charge >= 0.3 is 0 Å². The molecule has 0 aliphatic rings. The summed E-state index contributed by atoms with van der Waals surface area (Å²) in [5.74, 6) is -0.144. The summed E-state index contributed by atoms with van der Waals surface area (Å²) in [5, 5.41) is 0.812. The average Bonchev–Trinajstić information content (AvgIpc) is 2.40. The van der Waals surface area contributed by atoms with Crippen molar-refractivity contribution in [3.8, 4) is 0 Å². The van der Waals surface area contributed by atoms with Gasteiger partial charge in [-0.2, -0.15) is 0 Å². The van der Waals surface area contributed by atoms with Crippen molar-refractivity contribution in [2.75, 3.05) is 0 Å². The Bertz CT molecular complexity index is 463. The Morgan fingerprint density at radius 2 is 1.50 bits per heavy atom. The van der Waals surface area contributed by atoms with Crippen molar-refractivity contribution in [3.05, 3.63) is 70.5 Å². The Morgan fingerprint density at radius 3 is 1.94 bits per heavy atom. The Labute approximate surface area is 113 Å². The quantitative estimate of drug-likeness (QED) is 0.691. The molecule has 96 valence electrons. The van der Waals surface area contributed by atoms with E-state index in [1.54, 1.807) is 12.1 Å². The van der Waals surface area contributed by atoms with Gasteiger partial charge < -0.3 is 0 Å². The maximum Gasteiger partial charge on any atom is 0.123 e. The van der Waals surface area contributed by atoms with Crippen molar-refractivity contribution in [1.82, 2.24) is 0 Å². The summed E-state index contributed by atoms with van der Waals surface area (Å²) < 4.78 is 12.4. The van der Waals surface area contributed by atoms with E-state index in [0.717, 1.165) is 23.4 Å². The third-order valence-corrected chi connectivity index (χ3v) is 2.87. The highest BCUT2D eigenvalue weighted by atomic mass is 35.5. The average molecular weight is 265 g/mol. The molecule has 0 radical (unpaired) electrons. The van der Waals surface area contributed by atoms with Crippen molar-refractivity contribution in [1.29, 1.82) is 0 Å². The van der Waals surface area contributed by atoms with E-state index in [-0.39, 0.29) is 5.82 Å². The van der Waals surface area contributed by atoms with Crippen LogP contribution in [0.25, 0.3) is 0 Å². The van der Waals surface area contributed by atoms with Crippen LogP contribution in [0.5, 0.6) is 0 Å². The molecule has 2 aromatic rings. The van der Waals surface area contributed by atoms with Gasteiger partial charge in [0.2, 0.25) is 0 Å². The van der Waals surface area contributed by atoms with Crippen LogP contribution >= 0.6 is 11.6 Å². The fourth-order valence-corrected chi connectivity index (χ4v) is 1.60. The molecule has 0 spiro atoms. The molecule has 0 aliphatic heterocycles. The molecule has 0 saturated carbocycles. The standard InChI is InChI=1S/C8H9Cl.C8H9F/c1-2-7-3-5-8(9)6-4-7;1-2-7-4-3-5-8(9)6-7/h2*3-6H,2H2,1H3. The van der Waals surface area contributed by atoms with Gasteiger partial charge in [0, 0.05) is 5.02 Å². The van der Waals surface area contributed by atoms with Crippen LogP contribution in [0.4, 0.5) is 4.39 Å². The minimum absolute atomic E-state index is 0.144. The van der Waals surface area contributed by atoms with Gasteiger partial charge in [0.15, 0.2) is 0 Å². The Kier molecular flexibility index (Phi) is 6.45. The summed E-state index contributed by atoms with van der Waals surface area (Å²) in [7, 11) is 0. The molecule has 0 bridgehead atoms. The van der Waals surface area contributed by atoms with Crippen LogP contribution in [0.3, 0.4) is 0 Å². The lowest BCUT2D eigenvalue weighted by atomic mass is 10.2. The van der Waals surface area contributed by atoms with Gasteiger partial charge in [0.05, 0.1) is 0 Å². The zero-order valence-electron chi connectivity index (χ0n) is 10.8. The number of hydrogen-bond donors (Lipinski definition) is 0. The second-order valence-corrected chi connectivity index (χ2v) is 4.40. The molecule has 18 heavy (non-hydrogen) atoms. The summed E-state index contributed by atoms with van der Waals surface area (Å²) >= 11 is 5.67. The first-order valence-corrected chi connectivity index (χ1v) is 6.52. The van der Waals surface area contributed by atoms with Gasteiger partial charge in [-0.25, -0.2) is 4.39 Å². The van der Waals surface area contributed by atoms with Crippen LogP contribution in [-0.2, 0) is 12.8 Å². The molecule has 0 saturated heterocycles. The summed E-state index contributed by atoms with van der Waals surface area (Å²) in [6, 6.07) is 14.6. The molecule has 2 aromatic carbocycles. The number of rotatable bonds is 2. The fourth-order valence-electron chi connectivity index (χ4n) is 1.48. The van der Waals surface area contributed by atoms with E-state index in [1.807, 2.05) is 37.3 Å². The van der Waals surface area contributed by atoms with E-state index in [1.165, 1.54) is 11.6 Å².